The van der Waals surface area contributed by atoms with E-state index >= 15 is 24.0 Å². The normalized spacial score (nSPS) is 17.4. The molecular weight excluding hydrogens is 1100 g/mol. The Balaban J connectivity index is 9.03. The van der Waals surface area contributed by atoms with Gasteiger partial charge in [-0.25, -0.2) is 0 Å². The number of hydrogen-bond acceptors (Lipinski definition) is 14. The number of hydrogen-bond donors (Lipinski definition) is 0. The van der Waals surface area contributed by atoms with Crippen LogP contribution in [-0.4, -0.2) is 313 Å². The highest BCUT2D eigenvalue weighted by Crippen LogP contribution is 2.55. The summed E-state index contributed by atoms with van der Waals surface area (Å²) in [5.41, 5.74) is -11.1. The first-order chi connectivity index (χ1) is 38.2. The van der Waals surface area contributed by atoms with Crippen LogP contribution in [0.15, 0.2) is 0 Å². The van der Waals surface area contributed by atoms with Crippen LogP contribution in [0.25, 0.3) is 0 Å². The standard InChI is InChI=1S/C65H132N7O14/c1-31-60(4,53(74)81-40-33-67(13,14)15)47-62(6,55(76)83-42-35-69(19,20)21)49-64(8,57(78)85-44-37-71(25,26)27)51-65(9,58(79)86-45-38-72(28,29)30)50-63(7,56(77)84-43-36-70(22,23)24)48-61(5,54(75)82-41-34-68(16,17)18)46-59(2,3)52(73)80-39-32-66(10,11)12/h31-51H2,1-30H3/q+7. The molecule has 0 heterocycles. The quantitative estimate of drug-likeness (QED) is 0.0422. The monoisotopic (exact) mass is 1230 g/mol. The molecule has 0 aliphatic carbocycles. The van der Waals surface area contributed by atoms with Crippen molar-refractivity contribution in [2.75, 3.05) is 240 Å². The average Bonchev–Trinajstić information content (AvgIpc) is 1.87. The first-order valence-corrected chi connectivity index (χ1v) is 31.0. The molecule has 21 heteroatoms. The van der Waals surface area contributed by atoms with Crippen LogP contribution in [0.3, 0.4) is 0 Å². The zero-order chi connectivity index (χ0) is 67.8. The van der Waals surface area contributed by atoms with E-state index in [1.165, 1.54) is 0 Å². The van der Waals surface area contributed by atoms with E-state index < -0.39 is 79.7 Å². The van der Waals surface area contributed by atoms with Crippen LogP contribution in [0, 0.1) is 37.9 Å². The Morgan fingerprint density at radius 3 is 0.535 bits per heavy atom. The lowest BCUT2D eigenvalue weighted by atomic mass is 9.57. The summed E-state index contributed by atoms with van der Waals surface area (Å²) in [5, 5.41) is 0. The molecule has 0 saturated carbocycles. The Bertz CT molecular complexity index is 2230. The lowest BCUT2D eigenvalue weighted by molar-refractivity contribution is -0.870. The Labute approximate surface area is 523 Å². The van der Waals surface area contributed by atoms with Gasteiger partial charge in [-0.15, -0.1) is 0 Å². The van der Waals surface area contributed by atoms with Crippen molar-refractivity contribution in [3.8, 4) is 0 Å². The van der Waals surface area contributed by atoms with Gasteiger partial charge >= 0.3 is 41.8 Å². The number of rotatable bonds is 41. The van der Waals surface area contributed by atoms with Gasteiger partial charge < -0.3 is 64.5 Å². The number of ether oxygens (including phenoxy) is 7. The third-order valence-electron chi connectivity index (χ3n) is 16.0. The van der Waals surface area contributed by atoms with E-state index in [0.29, 0.717) is 77.2 Å². The lowest BCUT2D eigenvalue weighted by Gasteiger charge is -2.46. The van der Waals surface area contributed by atoms with Crippen molar-refractivity contribution in [3.63, 3.8) is 0 Å². The van der Waals surface area contributed by atoms with Crippen molar-refractivity contribution < 1.29 is 98.1 Å². The highest BCUT2D eigenvalue weighted by molar-refractivity contribution is 5.86. The summed E-state index contributed by atoms with van der Waals surface area (Å²) in [5.74, 6) is -4.51. The summed E-state index contributed by atoms with van der Waals surface area (Å²) in [6.07, 6.45) is -1.21. The minimum atomic E-state index is -1.80. The van der Waals surface area contributed by atoms with Gasteiger partial charge in [0.05, 0.1) is 186 Å². The maximum absolute atomic E-state index is 15.7. The SMILES string of the molecule is CCC(C)(CC(C)(CC(C)(CC(C)(CC(C)(CC(C)(CC(C)(C)C(=O)OCC[N+](C)(C)C)C(=O)OCC[N+](C)(C)C)C(=O)OCC[N+](C)(C)C)C(=O)OCC[N+](C)(C)C)C(=O)OCC[N+](C)(C)C)C(=O)OCC[N+](C)(C)C)C(=O)OCC[N+](C)(C)C. The molecule has 0 rings (SSSR count). The molecular formula is C65H132N7O14+7. The van der Waals surface area contributed by atoms with Gasteiger partial charge in [0, 0.05) is 0 Å². The van der Waals surface area contributed by atoms with Gasteiger partial charge in [-0.05, 0) is 100 Å². The Kier molecular flexibility index (Phi) is 29.7. The summed E-state index contributed by atoms with van der Waals surface area (Å²) in [7, 11) is 41.5. The Hall–Kier alpha value is -3.99. The third kappa shape index (κ3) is 31.5. The highest BCUT2D eigenvalue weighted by Gasteiger charge is 2.59. The van der Waals surface area contributed by atoms with Gasteiger partial charge in [-0.2, -0.15) is 0 Å². The third-order valence-corrected chi connectivity index (χ3v) is 16.0. The number of likely N-dealkylation sites (N-methyl/N-ethyl adjacent to an activating group) is 7. The van der Waals surface area contributed by atoms with E-state index in [0.717, 1.165) is 0 Å². The van der Waals surface area contributed by atoms with Gasteiger partial charge in [0.1, 0.15) is 92.1 Å². The van der Waals surface area contributed by atoms with E-state index in [9.17, 15) is 9.59 Å². The molecule has 0 aromatic carbocycles. The van der Waals surface area contributed by atoms with Gasteiger partial charge in [0.15, 0.2) is 0 Å². The predicted molar refractivity (Wildman–Crippen MR) is 337 cm³/mol. The van der Waals surface area contributed by atoms with Crippen LogP contribution in [-0.2, 0) is 66.7 Å². The maximum atomic E-state index is 15.7. The smallest absolute Gasteiger partial charge is 0.312 e. The zero-order valence-electron chi connectivity index (χ0n) is 60.7. The maximum Gasteiger partial charge on any atom is 0.312 e. The fourth-order valence-electron chi connectivity index (χ4n) is 10.9. The van der Waals surface area contributed by atoms with Crippen molar-refractivity contribution >= 4 is 41.8 Å². The van der Waals surface area contributed by atoms with Crippen LogP contribution < -0.4 is 0 Å². The van der Waals surface area contributed by atoms with Crippen molar-refractivity contribution in [1.29, 1.82) is 0 Å². The van der Waals surface area contributed by atoms with Crippen LogP contribution in [0.2, 0.25) is 0 Å². The Morgan fingerprint density at radius 1 is 0.233 bits per heavy atom. The molecule has 0 spiro atoms. The van der Waals surface area contributed by atoms with E-state index in [2.05, 4.69) is 0 Å². The molecule has 0 aliphatic heterocycles. The molecule has 0 bridgehead atoms. The number of nitrogens with zero attached hydrogens (tertiary/aromatic N) is 7. The van der Waals surface area contributed by atoms with Crippen molar-refractivity contribution in [3.05, 3.63) is 0 Å². The van der Waals surface area contributed by atoms with Gasteiger partial charge in [-0.1, -0.05) is 6.92 Å². The number of esters is 7. The largest absolute Gasteiger partial charge is 0.459 e. The Morgan fingerprint density at radius 2 is 0.372 bits per heavy atom. The molecule has 0 amide bonds. The van der Waals surface area contributed by atoms with E-state index in [1.807, 2.05) is 155 Å². The minimum absolute atomic E-state index is 0.0169. The molecule has 0 aromatic rings. The summed E-state index contributed by atoms with van der Waals surface area (Å²) < 4.78 is 46.5. The number of carbonyl (C=O) groups excluding carboxylic acids is 7. The molecule has 0 N–H and O–H groups in total. The first-order valence-electron chi connectivity index (χ1n) is 31.0. The lowest BCUT2D eigenvalue weighted by Crippen LogP contribution is -2.51. The number of carbonyl (C=O) groups is 7. The van der Waals surface area contributed by atoms with E-state index in [4.69, 9.17) is 33.2 Å². The van der Waals surface area contributed by atoms with Crippen LogP contribution in [0.4, 0.5) is 0 Å². The molecule has 6 atom stereocenters. The van der Waals surface area contributed by atoms with E-state index in [-0.39, 0.29) is 91.2 Å². The molecule has 6 unspecified atom stereocenters. The van der Waals surface area contributed by atoms with Gasteiger partial charge in [0.2, 0.25) is 0 Å². The molecule has 504 valence electrons. The summed E-state index contributed by atoms with van der Waals surface area (Å²) in [6, 6.07) is 0. The highest BCUT2D eigenvalue weighted by atomic mass is 16.6. The average molecular weight is 1240 g/mol. The summed E-state index contributed by atoms with van der Waals surface area (Å²) >= 11 is 0. The molecule has 86 heavy (non-hydrogen) atoms. The van der Waals surface area contributed by atoms with Crippen LogP contribution in [0.1, 0.15) is 107 Å². The van der Waals surface area contributed by atoms with Gasteiger partial charge in [-0.3, -0.25) is 33.6 Å². The van der Waals surface area contributed by atoms with Crippen LogP contribution >= 0.6 is 0 Å². The molecule has 0 radical (unpaired) electrons. The second-order valence-corrected chi connectivity index (χ2v) is 34.7. The molecule has 0 aromatic heterocycles. The fourth-order valence-corrected chi connectivity index (χ4v) is 10.9. The molecule has 0 aliphatic rings. The second-order valence-electron chi connectivity index (χ2n) is 34.7. The molecule has 0 saturated heterocycles. The first kappa shape index (κ1) is 82.0. The van der Waals surface area contributed by atoms with Crippen molar-refractivity contribution in [1.82, 2.24) is 0 Å². The topological polar surface area (TPSA) is 184 Å². The predicted octanol–water partition coefficient (Wildman–Crippen LogP) is 5.55. The van der Waals surface area contributed by atoms with Gasteiger partial charge in [0.25, 0.3) is 0 Å². The van der Waals surface area contributed by atoms with E-state index in [1.54, 1.807) is 55.4 Å². The van der Waals surface area contributed by atoms with Crippen molar-refractivity contribution in [2.45, 2.75) is 107 Å². The second kappa shape index (κ2) is 31.2. The van der Waals surface area contributed by atoms with Crippen molar-refractivity contribution in [2.24, 2.45) is 37.9 Å². The molecule has 21 nitrogen and oxygen atoms in total. The zero-order valence-corrected chi connectivity index (χ0v) is 60.7. The number of quaternary nitrogens is 7. The molecule has 0 fully saturated rings. The van der Waals surface area contributed by atoms with Crippen LogP contribution in [0.5, 0.6) is 0 Å². The minimum Gasteiger partial charge on any atom is -0.459 e. The fraction of sp³-hybridized carbons (Fsp3) is 0.892. The summed E-state index contributed by atoms with van der Waals surface area (Å²) in [4.78, 5) is 106. The summed E-state index contributed by atoms with van der Waals surface area (Å²) in [6.45, 7) is 18.9.